The number of benzene rings is 1. The lowest BCUT2D eigenvalue weighted by molar-refractivity contribution is 0.0632. The summed E-state index contributed by atoms with van der Waals surface area (Å²) in [6, 6.07) is 6.88. The predicted octanol–water partition coefficient (Wildman–Crippen LogP) is 3.05. The zero-order chi connectivity index (χ0) is 14.0. The van der Waals surface area contributed by atoms with Gasteiger partial charge in [-0.25, -0.2) is 10.1 Å². The molecule has 2 aromatic rings. The molecule has 98 valence electrons. The van der Waals surface area contributed by atoms with Gasteiger partial charge >= 0.3 is 12.1 Å². The van der Waals surface area contributed by atoms with Gasteiger partial charge in [-0.05, 0) is 32.9 Å². The van der Waals surface area contributed by atoms with Gasteiger partial charge in [-0.15, -0.1) is 0 Å². The minimum atomic E-state index is -0.639. The molecule has 0 aliphatic rings. The van der Waals surface area contributed by atoms with E-state index in [9.17, 15) is 4.79 Å². The summed E-state index contributed by atoms with van der Waals surface area (Å²) in [5.41, 5.74) is 0.868. The highest BCUT2D eigenvalue weighted by atomic mass is 16.6. The monoisotopic (exact) mass is 259 g/mol. The largest absolute Gasteiger partial charge is 0.443 e. The van der Waals surface area contributed by atoms with Crippen LogP contribution in [0.4, 0.5) is 10.8 Å². The first-order chi connectivity index (χ1) is 8.87. The number of carbonyl (C=O) groups excluding carboxylic acids is 1. The van der Waals surface area contributed by atoms with Crippen LogP contribution in [-0.4, -0.2) is 16.7 Å². The average molecular weight is 259 g/mol. The summed E-state index contributed by atoms with van der Waals surface area (Å²) < 4.78 is 10.4. The van der Waals surface area contributed by atoms with Crippen molar-refractivity contribution in [2.24, 2.45) is 0 Å². The van der Waals surface area contributed by atoms with Crippen LogP contribution >= 0.6 is 0 Å². The molecule has 0 saturated carbocycles. The smallest absolute Gasteiger partial charge is 0.415 e. The van der Waals surface area contributed by atoms with Crippen LogP contribution in [-0.2, 0) is 4.74 Å². The number of hydrogen-bond acceptors (Lipinski definition) is 5. The number of ether oxygens (including phenoxy) is 1. The molecule has 0 atom stereocenters. The number of anilines is 1. The number of nitrogens with one attached hydrogen (secondary N) is 1. The molecule has 1 heterocycles. The Morgan fingerprint density at radius 2 is 2.21 bits per heavy atom. The Morgan fingerprint density at radius 1 is 1.47 bits per heavy atom. The Balaban J connectivity index is 2.18. The van der Waals surface area contributed by atoms with E-state index in [0.29, 0.717) is 16.7 Å². The van der Waals surface area contributed by atoms with Gasteiger partial charge in [-0.3, -0.25) is 0 Å². The van der Waals surface area contributed by atoms with E-state index in [4.69, 9.17) is 14.4 Å². The Labute approximate surface area is 110 Å². The first kappa shape index (κ1) is 12.9. The van der Waals surface area contributed by atoms with E-state index in [1.54, 1.807) is 39.0 Å². The molecule has 6 nitrogen and oxygen atoms in total. The summed E-state index contributed by atoms with van der Waals surface area (Å²) in [5, 5.41) is 11.2. The van der Waals surface area contributed by atoms with Crippen LogP contribution in [0.2, 0.25) is 0 Å². The van der Waals surface area contributed by atoms with Gasteiger partial charge in [-0.2, -0.15) is 10.2 Å². The standard InChI is InChI=1S/C13H13N3O3/c1-13(2,3)19-12(17)16-11-15-9-5-4-8(7-14)6-10(9)18-11/h4-6H,1-3H3,(H,15,16,17). The number of carbonyl (C=O) groups is 1. The fourth-order valence-electron chi connectivity index (χ4n) is 1.44. The maximum Gasteiger partial charge on any atom is 0.415 e. The number of amides is 1. The third kappa shape index (κ3) is 3.22. The fraction of sp³-hybridized carbons (Fsp3) is 0.308. The van der Waals surface area contributed by atoms with Crippen molar-refractivity contribution in [3.63, 3.8) is 0 Å². The molecule has 0 saturated heterocycles. The predicted molar refractivity (Wildman–Crippen MR) is 68.6 cm³/mol. The second-order valence-electron chi connectivity index (χ2n) is 4.94. The highest BCUT2D eigenvalue weighted by Crippen LogP contribution is 2.20. The van der Waals surface area contributed by atoms with E-state index in [1.807, 2.05) is 6.07 Å². The number of nitriles is 1. The molecule has 1 N–H and O–H groups in total. The van der Waals surface area contributed by atoms with E-state index in [0.717, 1.165) is 0 Å². The number of rotatable bonds is 1. The van der Waals surface area contributed by atoms with Crippen molar-refractivity contribution in [2.75, 3.05) is 5.32 Å². The number of nitrogens with zero attached hydrogens (tertiary/aromatic N) is 2. The number of hydrogen-bond donors (Lipinski definition) is 1. The quantitative estimate of drug-likeness (QED) is 0.850. The minimum Gasteiger partial charge on any atom is -0.443 e. The third-order valence-corrected chi connectivity index (χ3v) is 2.13. The summed E-state index contributed by atoms with van der Waals surface area (Å²) in [6.07, 6.45) is -0.639. The van der Waals surface area contributed by atoms with Crippen LogP contribution in [0.1, 0.15) is 26.3 Å². The molecule has 0 unspecified atom stereocenters. The van der Waals surface area contributed by atoms with Gasteiger partial charge in [0.2, 0.25) is 0 Å². The summed E-state index contributed by atoms with van der Waals surface area (Å²) in [4.78, 5) is 15.6. The number of aromatic nitrogens is 1. The van der Waals surface area contributed by atoms with E-state index in [1.165, 1.54) is 0 Å². The molecule has 0 spiro atoms. The van der Waals surface area contributed by atoms with Gasteiger partial charge < -0.3 is 9.15 Å². The van der Waals surface area contributed by atoms with Crippen molar-refractivity contribution in [2.45, 2.75) is 26.4 Å². The molecule has 0 aliphatic carbocycles. The van der Waals surface area contributed by atoms with Crippen molar-refractivity contribution >= 4 is 23.2 Å². The van der Waals surface area contributed by atoms with Crippen LogP contribution in [0.25, 0.3) is 11.1 Å². The second-order valence-corrected chi connectivity index (χ2v) is 4.94. The van der Waals surface area contributed by atoms with Crippen molar-refractivity contribution in [3.8, 4) is 6.07 Å². The summed E-state index contributed by atoms with van der Waals surface area (Å²) in [5.74, 6) is 0. The van der Waals surface area contributed by atoms with Gasteiger partial charge in [0, 0.05) is 6.07 Å². The third-order valence-electron chi connectivity index (χ3n) is 2.13. The minimum absolute atomic E-state index is 0.0411. The van der Waals surface area contributed by atoms with Crippen LogP contribution < -0.4 is 5.32 Å². The molecule has 6 heteroatoms. The lowest BCUT2D eigenvalue weighted by atomic mass is 10.2. The van der Waals surface area contributed by atoms with E-state index < -0.39 is 11.7 Å². The number of fused-ring (bicyclic) bond motifs is 1. The van der Waals surface area contributed by atoms with Gasteiger partial charge in [0.1, 0.15) is 11.1 Å². The van der Waals surface area contributed by atoms with Gasteiger partial charge in [-0.1, -0.05) is 0 Å². The molecule has 0 aliphatic heterocycles. The molecule has 0 radical (unpaired) electrons. The van der Waals surface area contributed by atoms with Gasteiger partial charge in [0.05, 0.1) is 11.6 Å². The van der Waals surface area contributed by atoms with Gasteiger partial charge in [0.15, 0.2) is 5.58 Å². The maximum absolute atomic E-state index is 11.5. The molecule has 1 aromatic heterocycles. The zero-order valence-electron chi connectivity index (χ0n) is 10.9. The summed E-state index contributed by atoms with van der Waals surface area (Å²) in [7, 11) is 0. The van der Waals surface area contributed by atoms with Crippen molar-refractivity contribution in [1.82, 2.24) is 4.98 Å². The molecule has 2 rings (SSSR count). The summed E-state index contributed by atoms with van der Waals surface area (Å²) in [6.45, 7) is 5.29. The topological polar surface area (TPSA) is 88.1 Å². The SMILES string of the molecule is CC(C)(C)OC(=O)Nc1nc2ccc(C#N)cc2o1. The molecule has 0 fully saturated rings. The average Bonchev–Trinajstić information content (AvgIpc) is 2.66. The van der Waals surface area contributed by atoms with Gasteiger partial charge in [0.25, 0.3) is 0 Å². The Hall–Kier alpha value is -2.55. The second kappa shape index (κ2) is 4.61. The van der Waals surface area contributed by atoms with Crippen LogP contribution in [0, 0.1) is 11.3 Å². The normalized spacial score (nSPS) is 11.1. The molecule has 1 aromatic carbocycles. The number of oxazole rings is 1. The molecular weight excluding hydrogens is 246 g/mol. The molecule has 0 bridgehead atoms. The fourth-order valence-corrected chi connectivity index (χ4v) is 1.44. The Bertz CT molecular complexity index is 662. The first-order valence-electron chi connectivity index (χ1n) is 5.68. The van der Waals surface area contributed by atoms with E-state index in [-0.39, 0.29) is 6.01 Å². The van der Waals surface area contributed by atoms with E-state index >= 15 is 0 Å². The zero-order valence-corrected chi connectivity index (χ0v) is 10.9. The van der Waals surface area contributed by atoms with Crippen LogP contribution in [0.3, 0.4) is 0 Å². The molecule has 1 amide bonds. The van der Waals surface area contributed by atoms with Crippen molar-refractivity contribution in [3.05, 3.63) is 23.8 Å². The molecular formula is C13H13N3O3. The lowest BCUT2D eigenvalue weighted by Gasteiger charge is -2.18. The summed E-state index contributed by atoms with van der Waals surface area (Å²) >= 11 is 0. The van der Waals surface area contributed by atoms with Crippen LogP contribution in [0.5, 0.6) is 0 Å². The maximum atomic E-state index is 11.5. The van der Waals surface area contributed by atoms with Crippen molar-refractivity contribution in [1.29, 1.82) is 5.26 Å². The highest BCUT2D eigenvalue weighted by molar-refractivity contribution is 5.85. The Kier molecular flexibility index (Phi) is 3.13. The van der Waals surface area contributed by atoms with Crippen molar-refractivity contribution < 1.29 is 13.9 Å². The molecule has 19 heavy (non-hydrogen) atoms. The highest BCUT2D eigenvalue weighted by Gasteiger charge is 2.18. The van der Waals surface area contributed by atoms with Crippen LogP contribution in [0.15, 0.2) is 22.6 Å². The first-order valence-corrected chi connectivity index (χ1v) is 5.68. The van der Waals surface area contributed by atoms with E-state index in [2.05, 4.69) is 10.3 Å². The Morgan fingerprint density at radius 3 is 2.84 bits per heavy atom. The lowest BCUT2D eigenvalue weighted by Crippen LogP contribution is -2.27.